The Kier molecular flexibility index (Phi) is 2.71. The number of amides is 1. The molecule has 19 heavy (non-hydrogen) atoms. The minimum absolute atomic E-state index is 0.180. The normalized spacial score (nSPS) is 15.6. The fourth-order valence-electron chi connectivity index (χ4n) is 2.35. The number of ether oxygens (including phenoxy) is 1. The van der Waals surface area contributed by atoms with Crippen LogP contribution in [0.15, 0.2) is 22.6 Å². The quantitative estimate of drug-likeness (QED) is 0.891. The number of furan rings is 1. The highest BCUT2D eigenvalue weighted by molar-refractivity contribution is 6.00. The van der Waals surface area contributed by atoms with E-state index in [0.717, 1.165) is 10.9 Å². The van der Waals surface area contributed by atoms with E-state index in [1.807, 2.05) is 19.1 Å². The van der Waals surface area contributed by atoms with Crippen molar-refractivity contribution in [1.29, 1.82) is 0 Å². The minimum atomic E-state index is -0.414. The van der Waals surface area contributed by atoms with Gasteiger partial charge in [-0.15, -0.1) is 0 Å². The monoisotopic (exact) mass is 261 g/mol. The third-order valence-electron chi connectivity index (χ3n) is 3.49. The molecule has 1 N–H and O–H groups in total. The van der Waals surface area contributed by atoms with Crippen molar-refractivity contribution in [3.8, 4) is 5.75 Å². The Morgan fingerprint density at radius 2 is 2.21 bits per heavy atom. The predicted octanol–water partition coefficient (Wildman–Crippen LogP) is 1.57. The Labute approximate surface area is 110 Å². The number of hydrogen-bond acceptors (Lipinski definition) is 4. The zero-order chi connectivity index (χ0) is 13.6. The molecule has 1 aliphatic rings. The van der Waals surface area contributed by atoms with Crippen LogP contribution in [0.5, 0.6) is 5.75 Å². The third kappa shape index (κ3) is 1.77. The molecule has 5 heteroatoms. The molecule has 0 aliphatic carbocycles. The van der Waals surface area contributed by atoms with E-state index in [2.05, 4.69) is 0 Å². The molecule has 0 saturated carbocycles. The van der Waals surface area contributed by atoms with E-state index in [9.17, 15) is 9.90 Å². The third-order valence-corrected chi connectivity index (χ3v) is 3.49. The summed E-state index contributed by atoms with van der Waals surface area (Å²) in [6, 6.07) is 5.57. The summed E-state index contributed by atoms with van der Waals surface area (Å²) in [5, 5.41) is 10.1. The summed E-state index contributed by atoms with van der Waals surface area (Å²) in [4.78, 5) is 13.8. The number of nitrogens with zero attached hydrogens (tertiary/aromatic N) is 1. The van der Waals surface area contributed by atoms with Gasteiger partial charge in [0.15, 0.2) is 17.1 Å². The first-order valence-corrected chi connectivity index (χ1v) is 6.15. The van der Waals surface area contributed by atoms with E-state index >= 15 is 0 Å². The maximum absolute atomic E-state index is 12.2. The molecule has 3 rings (SSSR count). The largest absolute Gasteiger partial charge is 0.493 e. The molecule has 2 aromatic rings. The van der Waals surface area contributed by atoms with Crippen LogP contribution in [0.25, 0.3) is 11.0 Å². The Hall–Kier alpha value is -2.01. The van der Waals surface area contributed by atoms with Gasteiger partial charge < -0.3 is 19.2 Å². The lowest BCUT2D eigenvalue weighted by molar-refractivity contribution is 0.00398. The Bertz CT molecular complexity index is 640. The number of aryl methyl sites for hydroxylation is 1. The molecule has 0 bridgehead atoms. The zero-order valence-electron chi connectivity index (χ0n) is 10.8. The number of carbonyl (C=O) groups excluding carboxylic acids is 1. The number of likely N-dealkylation sites (tertiary alicyclic amines) is 1. The molecule has 1 amide bonds. The highest BCUT2D eigenvalue weighted by Gasteiger charge is 2.32. The van der Waals surface area contributed by atoms with Crippen molar-refractivity contribution in [3.63, 3.8) is 0 Å². The van der Waals surface area contributed by atoms with Crippen molar-refractivity contribution in [3.05, 3.63) is 29.5 Å². The fourth-order valence-corrected chi connectivity index (χ4v) is 2.35. The first-order valence-electron chi connectivity index (χ1n) is 6.15. The van der Waals surface area contributed by atoms with Crippen molar-refractivity contribution in [2.75, 3.05) is 20.2 Å². The summed E-state index contributed by atoms with van der Waals surface area (Å²) in [6.45, 7) is 2.59. The first kappa shape index (κ1) is 12.0. The van der Waals surface area contributed by atoms with Crippen molar-refractivity contribution in [2.24, 2.45) is 0 Å². The number of aliphatic hydroxyl groups excluding tert-OH is 1. The molecule has 1 aromatic carbocycles. The number of aliphatic hydroxyl groups is 1. The fraction of sp³-hybridized carbons (Fsp3) is 0.357. The number of benzene rings is 1. The van der Waals surface area contributed by atoms with Crippen LogP contribution < -0.4 is 4.74 Å². The molecule has 1 fully saturated rings. The van der Waals surface area contributed by atoms with Crippen molar-refractivity contribution < 1.29 is 19.1 Å². The summed E-state index contributed by atoms with van der Waals surface area (Å²) in [6.07, 6.45) is -0.414. The van der Waals surface area contributed by atoms with Crippen LogP contribution in [0.4, 0.5) is 0 Å². The van der Waals surface area contributed by atoms with Gasteiger partial charge in [0, 0.05) is 24.0 Å². The number of carbonyl (C=O) groups is 1. The second kappa shape index (κ2) is 4.28. The van der Waals surface area contributed by atoms with E-state index < -0.39 is 6.10 Å². The van der Waals surface area contributed by atoms with Crippen molar-refractivity contribution in [1.82, 2.24) is 4.90 Å². The molecule has 0 spiro atoms. The van der Waals surface area contributed by atoms with Crippen LogP contribution >= 0.6 is 0 Å². The second-order valence-corrected chi connectivity index (χ2v) is 4.76. The van der Waals surface area contributed by atoms with Gasteiger partial charge >= 0.3 is 0 Å². The van der Waals surface area contributed by atoms with Gasteiger partial charge in [0.1, 0.15) is 0 Å². The molecule has 1 saturated heterocycles. The molecule has 1 aromatic heterocycles. The number of methoxy groups -OCH3 is 1. The van der Waals surface area contributed by atoms with Crippen LogP contribution in [0.2, 0.25) is 0 Å². The standard InChI is InChI=1S/C14H15NO4/c1-8-10-4-3-5-11(18-2)13(10)19-12(8)14(17)15-6-9(16)7-15/h3-5,9,16H,6-7H2,1-2H3. The van der Waals surface area contributed by atoms with Gasteiger partial charge in [-0.25, -0.2) is 0 Å². The van der Waals surface area contributed by atoms with Gasteiger partial charge in [-0.1, -0.05) is 12.1 Å². The average molecular weight is 261 g/mol. The van der Waals surface area contributed by atoms with Crippen LogP contribution in [0.3, 0.4) is 0 Å². The summed E-state index contributed by atoms with van der Waals surface area (Å²) in [5.41, 5.74) is 1.40. The van der Waals surface area contributed by atoms with Gasteiger partial charge in [0.05, 0.1) is 13.2 Å². The molecule has 100 valence electrons. The van der Waals surface area contributed by atoms with E-state index in [1.165, 1.54) is 0 Å². The Morgan fingerprint density at radius 1 is 1.47 bits per heavy atom. The van der Waals surface area contributed by atoms with E-state index in [1.54, 1.807) is 18.1 Å². The van der Waals surface area contributed by atoms with Crippen molar-refractivity contribution in [2.45, 2.75) is 13.0 Å². The molecular weight excluding hydrogens is 246 g/mol. The number of rotatable bonds is 2. The molecule has 5 nitrogen and oxygen atoms in total. The number of hydrogen-bond donors (Lipinski definition) is 1. The SMILES string of the molecule is COc1cccc2c(C)c(C(=O)N3CC(O)C3)oc12. The van der Waals surface area contributed by atoms with Crippen molar-refractivity contribution >= 4 is 16.9 Å². The van der Waals surface area contributed by atoms with Gasteiger partial charge in [-0.2, -0.15) is 0 Å². The number of fused-ring (bicyclic) bond motifs is 1. The van der Waals surface area contributed by atoms with Crippen LogP contribution in [0, 0.1) is 6.92 Å². The van der Waals surface area contributed by atoms with E-state index in [-0.39, 0.29) is 5.91 Å². The van der Waals surface area contributed by atoms with Crippen LogP contribution in [-0.2, 0) is 0 Å². The van der Waals surface area contributed by atoms with Gasteiger partial charge in [-0.05, 0) is 13.0 Å². The van der Waals surface area contributed by atoms with Gasteiger partial charge in [0.25, 0.3) is 5.91 Å². The molecule has 0 unspecified atom stereocenters. The van der Waals surface area contributed by atoms with Crippen LogP contribution in [-0.4, -0.2) is 42.2 Å². The number of para-hydroxylation sites is 1. The number of β-amino-alcohol motifs (C(OH)–C–C–N with tert-alkyl or cyclic N) is 1. The predicted molar refractivity (Wildman–Crippen MR) is 69.4 cm³/mol. The summed E-state index contributed by atoms with van der Waals surface area (Å²) >= 11 is 0. The lowest BCUT2D eigenvalue weighted by Gasteiger charge is -2.35. The Morgan fingerprint density at radius 3 is 2.84 bits per heavy atom. The van der Waals surface area contributed by atoms with Gasteiger partial charge in [0.2, 0.25) is 0 Å². The molecule has 0 atom stereocenters. The zero-order valence-corrected chi connectivity index (χ0v) is 10.8. The summed E-state index contributed by atoms with van der Waals surface area (Å²) in [5.74, 6) is 0.760. The maximum atomic E-state index is 12.2. The van der Waals surface area contributed by atoms with Gasteiger partial charge in [-0.3, -0.25) is 4.79 Å². The van der Waals surface area contributed by atoms with Crippen LogP contribution in [0.1, 0.15) is 16.1 Å². The highest BCUT2D eigenvalue weighted by Crippen LogP contribution is 2.33. The molecule has 1 aliphatic heterocycles. The molecular formula is C14H15NO4. The summed E-state index contributed by atoms with van der Waals surface area (Å²) < 4.78 is 10.9. The topological polar surface area (TPSA) is 62.9 Å². The molecule has 2 heterocycles. The highest BCUT2D eigenvalue weighted by atomic mass is 16.5. The molecule has 0 radical (unpaired) electrons. The van der Waals surface area contributed by atoms with E-state index in [0.29, 0.717) is 30.2 Å². The maximum Gasteiger partial charge on any atom is 0.290 e. The first-order chi connectivity index (χ1) is 9.11. The van der Waals surface area contributed by atoms with E-state index in [4.69, 9.17) is 9.15 Å². The minimum Gasteiger partial charge on any atom is -0.493 e. The average Bonchev–Trinajstić information content (AvgIpc) is 2.72. The lowest BCUT2D eigenvalue weighted by Crippen LogP contribution is -2.53. The second-order valence-electron chi connectivity index (χ2n) is 4.76. The lowest BCUT2D eigenvalue weighted by atomic mass is 10.1. The smallest absolute Gasteiger partial charge is 0.290 e. The Balaban J connectivity index is 2.05. The summed E-state index contributed by atoms with van der Waals surface area (Å²) in [7, 11) is 1.57.